The third-order valence-electron chi connectivity index (χ3n) is 3.03. The number of hydrogen-bond acceptors (Lipinski definition) is 3. The number of piperazine rings is 1. The van der Waals surface area contributed by atoms with Crippen molar-refractivity contribution in [3.05, 3.63) is 29.6 Å². The summed E-state index contributed by atoms with van der Waals surface area (Å²) in [5, 5.41) is 2.45. The molecule has 1 aromatic carbocycles. The molecule has 0 saturated carbocycles. The lowest BCUT2D eigenvalue weighted by atomic mass is 10.2. The van der Waals surface area contributed by atoms with Gasteiger partial charge in [0.1, 0.15) is 10.9 Å². The van der Waals surface area contributed by atoms with Gasteiger partial charge in [-0.15, -0.1) is 0 Å². The number of nitrogens with zero attached hydrogens (tertiary/aromatic N) is 1. The molecule has 0 spiro atoms. The maximum Gasteiger partial charge on any atom is 0.246 e. The molecule has 1 saturated heterocycles. The van der Waals surface area contributed by atoms with Gasteiger partial charge in [-0.1, -0.05) is 0 Å². The van der Waals surface area contributed by atoms with E-state index in [1.807, 2.05) is 0 Å². The standard InChI is InChI=1S/C11H11F3N2O3S/c1-6-11(17)15-4-5-16(6)20(18,19)8-3-2-7(12)9(13)10(8)14/h2-3,6H,4-5H2,1H3,(H,15,17). The Balaban J connectivity index is 2.51. The summed E-state index contributed by atoms with van der Waals surface area (Å²) in [7, 11) is -4.42. The van der Waals surface area contributed by atoms with Crippen LogP contribution in [0.1, 0.15) is 6.92 Å². The summed E-state index contributed by atoms with van der Waals surface area (Å²) >= 11 is 0. The Kier molecular flexibility index (Phi) is 3.74. The van der Waals surface area contributed by atoms with Crippen LogP contribution in [0.5, 0.6) is 0 Å². The van der Waals surface area contributed by atoms with Crippen LogP contribution in [0.3, 0.4) is 0 Å². The maximum atomic E-state index is 13.6. The third kappa shape index (κ3) is 2.27. The molecule has 20 heavy (non-hydrogen) atoms. The Labute approximate surface area is 113 Å². The Morgan fingerprint density at radius 2 is 1.90 bits per heavy atom. The molecule has 1 aliphatic rings. The molecule has 1 amide bonds. The normalized spacial score (nSPS) is 20.8. The molecule has 0 radical (unpaired) electrons. The SMILES string of the molecule is CC1C(=O)NCCN1S(=O)(=O)c1ccc(F)c(F)c1F. The van der Waals surface area contributed by atoms with E-state index in [4.69, 9.17) is 0 Å². The van der Waals surface area contributed by atoms with Crippen LogP contribution < -0.4 is 5.32 Å². The van der Waals surface area contributed by atoms with Crippen LogP contribution in [0.2, 0.25) is 0 Å². The van der Waals surface area contributed by atoms with Gasteiger partial charge in [-0.3, -0.25) is 4.79 Å². The van der Waals surface area contributed by atoms with Crippen molar-refractivity contribution in [3.63, 3.8) is 0 Å². The summed E-state index contributed by atoms with van der Waals surface area (Å²) < 4.78 is 64.8. The van der Waals surface area contributed by atoms with Crippen LogP contribution in [0, 0.1) is 17.5 Å². The van der Waals surface area contributed by atoms with Gasteiger partial charge in [-0.25, -0.2) is 21.6 Å². The highest BCUT2D eigenvalue weighted by Gasteiger charge is 2.37. The molecule has 0 aliphatic carbocycles. The minimum absolute atomic E-state index is 0.0632. The number of hydrogen-bond donors (Lipinski definition) is 1. The predicted molar refractivity (Wildman–Crippen MR) is 62.7 cm³/mol. The van der Waals surface area contributed by atoms with Crippen LogP contribution in [0.15, 0.2) is 17.0 Å². The number of carbonyl (C=O) groups excluding carboxylic acids is 1. The molecule has 1 heterocycles. The first-order valence-corrected chi connectivity index (χ1v) is 7.14. The summed E-state index contributed by atoms with van der Waals surface area (Å²) in [6, 6.07) is 0.115. The summed E-state index contributed by atoms with van der Waals surface area (Å²) in [5.41, 5.74) is 0. The number of nitrogens with one attached hydrogen (secondary N) is 1. The van der Waals surface area contributed by atoms with E-state index in [-0.39, 0.29) is 13.1 Å². The van der Waals surface area contributed by atoms with Crippen molar-refractivity contribution in [1.29, 1.82) is 0 Å². The van der Waals surface area contributed by atoms with Gasteiger partial charge in [0, 0.05) is 13.1 Å². The fraction of sp³-hybridized carbons (Fsp3) is 0.364. The van der Waals surface area contributed by atoms with E-state index in [1.54, 1.807) is 0 Å². The highest BCUT2D eigenvalue weighted by atomic mass is 32.2. The minimum atomic E-state index is -4.42. The van der Waals surface area contributed by atoms with E-state index in [0.717, 1.165) is 4.31 Å². The second-order valence-electron chi connectivity index (χ2n) is 4.26. The molecule has 1 fully saturated rings. The van der Waals surface area contributed by atoms with Gasteiger partial charge in [0.25, 0.3) is 0 Å². The van der Waals surface area contributed by atoms with E-state index >= 15 is 0 Å². The number of amides is 1. The van der Waals surface area contributed by atoms with Gasteiger partial charge in [-0.05, 0) is 19.1 Å². The molecule has 1 aliphatic heterocycles. The van der Waals surface area contributed by atoms with Gasteiger partial charge in [0.2, 0.25) is 15.9 Å². The molecule has 1 atom stereocenters. The average Bonchev–Trinajstić information content (AvgIpc) is 2.38. The lowest BCUT2D eigenvalue weighted by Crippen LogP contribution is -2.55. The summed E-state index contributed by atoms with van der Waals surface area (Å²) in [5.74, 6) is -5.67. The first kappa shape index (κ1) is 14.8. The summed E-state index contributed by atoms with van der Waals surface area (Å²) in [6.45, 7) is 1.31. The van der Waals surface area contributed by atoms with Gasteiger partial charge in [0.05, 0.1) is 0 Å². The van der Waals surface area contributed by atoms with E-state index in [9.17, 15) is 26.4 Å². The Bertz CT molecular complexity index is 663. The van der Waals surface area contributed by atoms with E-state index in [2.05, 4.69) is 5.32 Å². The topological polar surface area (TPSA) is 66.5 Å². The van der Waals surface area contributed by atoms with Crippen LogP contribution >= 0.6 is 0 Å². The molecule has 2 rings (SSSR count). The van der Waals surface area contributed by atoms with E-state index in [1.165, 1.54) is 6.92 Å². The fourth-order valence-electron chi connectivity index (χ4n) is 1.92. The van der Waals surface area contributed by atoms with Crippen molar-refractivity contribution in [2.75, 3.05) is 13.1 Å². The van der Waals surface area contributed by atoms with Crippen molar-refractivity contribution in [2.45, 2.75) is 17.9 Å². The highest BCUT2D eigenvalue weighted by molar-refractivity contribution is 7.89. The molecule has 9 heteroatoms. The van der Waals surface area contributed by atoms with Crippen LogP contribution in [0.25, 0.3) is 0 Å². The van der Waals surface area contributed by atoms with E-state index in [0.29, 0.717) is 12.1 Å². The van der Waals surface area contributed by atoms with Gasteiger partial charge < -0.3 is 5.32 Å². The summed E-state index contributed by atoms with van der Waals surface area (Å²) in [6.07, 6.45) is 0. The fourth-order valence-corrected chi connectivity index (χ4v) is 3.58. The quantitative estimate of drug-likeness (QED) is 0.814. The lowest BCUT2D eigenvalue weighted by molar-refractivity contribution is -0.126. The molecule has 1 aromatic rings. The Morgan fingerprint density at radius 3 is 2.55 bits per heavy atom. The molecule has 110 valence electrons. The van der Waals surface area contributed by atoms with Crippen LogP contribution in [0.4, 0.5) is 13.2 Å². The molecule has 1 unspecified atom stereocenters. The first-order chi connectivity index (χ1) is 9.26. The maximum absolute atomic E-state index is 13.6. The third-order valence-corrected chi connectivity index (χ3v) is 5.02. The lowest BCUT2D eigenvalue weighted by Gasteiger charge is -2.31. The van der Waals surface area contributed by atoms with Crippen molar-refractivity contribution in [2.24, 2.45) is 0 Å². The van der Waals surface area contributed by atoms with E-state index < -0.39 is 44.3 Å². The zero-order valence-corrected chi connectivity index (χ0v) is 11.2. The second kappa shape index (κ2) is 5.06. The Morgan fingerprint density at radius 1 is 1.25 bits per heavy atom. The number of carbonyl (C=O) groups is 1. The highest BCUT2D eigenvalue weighted by Crippen LogP contribution is 2.25. The zero-order chi connectivity index (χ0) is 15.1. The van der Waals surface area contributed by atoms with Gasteiger partial charge in [0.15, 0.2) is 17.5 Å². The number of halogens is 3. The van der Waals surface area contributed by atoms with Crippen molar-refractivity contribution < 1.29 is 26.4 Å². The van der Waals surface area contributed by atoms with Crippen molar-refractivity contribution in [3.8, 4) is 0 Å². The molecule has 5 nitrogen and oxygen atoms in total. The van der Waals surface area contributed by atoms with Crippen LogP contribution in [-0.4, -0.2) is 37.8 Å². The monoisotopic (exact) mass is 308 g/mol. The van der Waals surface area contributed by atoms with Crippen molar-refractivity contribution in [1.82, 2.24) is 9.62 Å². The minimum Gasteiger partial charge on any atom is -0.353 e. The molecule has 1 N–H and O–H groups in total. The summed E-state index contributed by atoms with van der Waals surface area (Å²) in [4.78, 5) is 10.5. The Hall–Kier alpha value is -1.61. The van der Waals surface area contributed by atoms with Gasteiger partial charge in [-0.2, -0.15) is 4.31 Å². The number of rotatable bonds is 2. The molecule has 0 bridgehead atoms. The smallest absolute Gasteiger partial charge is 0.246 e. The zero-order valence-electron chi connectivity index (χ0n) is 10.4. The number of benzene rings is 1. The first-order valence-electron chi connectivity index (χ1n) is 5.70. The second-order valence-corrected chi connectivity index (χ2v) is 6.12. The van der Waals surface area contributed by atoms with Crippen LogP contribution in [-0.2, 0) is 14.8 Å². The molecular formula is C11H11F3N2O3S. The van der Waals surface area contributed by atoms with Crippen molar-refractivity contribution >= 4 is 15.9 Å². The predicted octanol–water partition coefficient (Wildman–Crippen LogP) is 0.613. The number of sulfonamides is 1. The average molecular weight is 308 g/mol. The van der Waals surface area contributed by atoms with Gasteiger partial charge >= 0.3 is 0 Å². The largest absolute Gasteiger partial charge is 0.353 e. The molecule has 0 aromatic heterocycles. The molecular weight excluding hydrogens is 297 g/mol.